The number of amides is 3. The first-order chi connectivity index (χ1) is 13.1. The van der Waals surface area contributed by atoms with Gasteiger partial charge >= 0.3 is 6.18 Å². The lowest BCUT2D eigenvalue weighted by atomic mass is 9.99. The fourth-order valence-corrected chi connectivity index (χ4v) is 2.63. The number of carbonyl (C=O) groups is 3. The summed E-state index contributed by atoms with van der Waals surface area (Å²) in [7, 11) is 0. The number of anilines is 1. The van der Waals surface area contributed by atoms with Crippen LogP contribution in [0.3, 0.4) is 0 Å². The maximum atomic E-state index is 13.2. The third-order valence-electron chi connectivity index (χ3n) is 3.88. The van der Waals surface area contributed by atoms with Crippen molar-refractivity contribution in [2.75, 3.05) is 5.32 Å². The van der Waals surface area contributed by atoms with E-state index in [-0.39, 0.29) is 16.8 Å². The van der Waals surface area contributed by atoms with Crippen molar-refractivity contribution >= 4 is 23.4 Å². The summed E-state index contributed by atoms with van der Waals surface area (Å²) >= 11 is 0. The molecule has 0 aliphatic carbocycles. The lowest BCUT2D eigenvalue weighted by molar-refractivity contribution is -0.138. The molecular formula is C19H18F3N3O3. The van der Waals surface area contributed by atoms with Crippen LogP contribution in [0.25, 0.3) is 0 Å². The molecule has 0 radical (unpaired) electrons. The predicted molar refractivity (Wildman–Crippen MR) is 96.3 cm³/mol. The van der Waals surface area contributed by atoms with E-state index in [1.165, 1.54) is 37.3 Å². The van der Waals surface area contributed by atoms with Crippen LogP contribution < -0.4 is 16.4 Å². The third kappa shape index (κ3) is 5.32. The summed E-state index contributed by atoms with van der Waals surface area (Å²) in [5.74, 6) is -2.15. The van der Waals surface area contributed by atoms with Crippen LogP contribution in [-0.2, 0) is 22.2 Å². The molecule has 148 valence electrons. The third-order valence-corrected chi connectivity index (χ3v) is 3.88. The highest BCUT2D eigenvalue weighted by atomic mass is 19.4. The Morgan fingerprint density at radius 3 is 2.25 bits per heavy atom. The smallest absolute Gasteiger partial charge is 0.368 e. The zero-order valence-corrected chi connectivity index (χ0v) is 14.8. The molecule has 2 aromatic rings. The van der Waals surface area contributed by atoms with Crippen molar-refractivity contribution in [1.82, 2.24) is 5.32 Å². The fourth-order valence-electron chi connectivity index (χ4n) is 2.63. The molecule has 0 bridgehead atoms. The van der Waals surface area contributed by atoms with Crippen LogP contribution in [0.2, 0.25) is 0 Å². The summed E-state index contributed by atoms with van der Waals surface area (Å²) in [5.41, 5.74) is 4.45. The van der Waals surface area contributed by atoms with Crippen molar-refractivity contribution in [1.29, 1.82) is 0 Å². The lowest BCUT2D eigenvalue weighted by Gasteiger charge is -2.19. The van der Waals surface area contributed by atoms with Crippen molar-refractivity contribution in [2.24, 2.45) is 5.73 Å². The minimum absolute atomic E-state index is 0.0491. The first kappa shape index (κ1) is 20.9. The van der Waals surface area contributed by atoms with Crippen LogP contribution >= 0.6 is 0 Å². The van der Waals surface area contributed by atoms with Gasteiger partial charge in [0.1, 0.15) is 6.04 Å². The molecule has 0 aliphatic heterocycles. The Hall–Kier alpha value is -3.36. The van der Waals surface area contributed by atoms with E-state index in [0.29, 0.717) is 0 Å². The monoisotopic (exact) mass is 393 g/mol. The number of hydrogen-bond donors (Lipinski definition) is 3. The number of carbonyl (C=O) groups excluding carboxylic acids is 3. The van der Waals surface area contributed by atoms with Gasteiger partial charge < -0.3 is 16.4 Å². The second-order valence-corrected chi connectivity index (χ2v) is 6.01. The molecule has 9 heteroatoms. The molecule has 2 aromatic carbocycles. The second kappa shape index (κ2) is 8.55. The second-order valence-electron chi connectivity index (χ2n) is 6.01. The van der Waals surface area contributed by atoms with Crippen molar-refractivity contribution in [3.8, 4) is 0 Å². The number of nitrogens with two attached hydrogens (primary N) is 1. The van der Waals surface area contributed by atoms with Crippen LogP contribution in [0.15, 0.2) is 48.5 Å². The zero-order valence-electron chi connectivity index (χ0n) is 14.8. The maximum Gasteiger partial charge on any atom is 0.416 e. The molecule has 0 unspecified atom stereocenters. The molecule has 2 rings (SSSR count). The molecule has 0 spiro atoms. The van der Waals surface area contributed by atoms with E-state index < -0.39 is 41.9 Å². The predicted octanol–water partition coefficient (Wildman–Crippen LogP) is 2.49. The molecule has 4 N–H and O–H groups in total. The van der Waals surface area contributed by atoms with Gasteiger partial charge in [-0.2, -0.15) is 13.2 Å². The topological polar surface area (TPSA) is 101 Å². The van der Waals surface area contributed by atoms with Crippen molar-refractivity contribution < 1.29 is 27.6 Å². The number of para-hydroxylation sites is 1. The number of rotatable bonds is 6. The lowest BCUT2D eigenvalue weighted by Crippen LogP contribution is -2.46. The van der Waals surface area contributed by atoms with Gasteiger partial charge in [-0.1, -0.05) is 30.3 Å². The van der Waals surface area contributed by atoms with Gasteiger partial charge in [-0.15, -0.1) is 0 Å². The molecule has 3 amide bonds. The summed E-state index contributed by atoms with van der Waals surface area (Å²) in [5, 5.41) is 4.81. The van der Waals surface area contributed by atoms with Gasteiger partial charge in [0.2, 0.25) is 11.8 Å². The molecular weight excluding hydrogens is 375 g/mol. The Labute approximate surface area is 158 Å². The average Bonchev–Trinajstić information content (AvgIpc) is 2.60. The molecule has 0 saturated heterocycles. The highest BCUT2D eigenvalue weighted by Gasteiger charge is 2.34. The van der Waals surface area contributed by atoms with Crippen LogP contribution in [-0.4, -0.2) is 23.8 Å². The Kier molecular flexibility index (Phi) is 6.40. The largest absolute Gasteiger partial charge is 0.416 e. The van der Waals surface area contributed by atoms with Crippen LogP contribution in [0, 0.1) is 0 Å². The van der Waals surface area contributed by atoms with Crippen LogP contribution in [0.4, 0.5) is 18.9 Å². The van der Waals surface area contributed by atoms with Gasteiger partial charge in [-0.05, 0) is 23.8 Å². The Morgan fingerprint density at radius 2 is 1.64 bits per heavy atom. The number of halogens is 3. The fraction of sp³-hybridized carbons (Fsp3) is 0.211. The normalized spacial score (nSPS) is 12.1. The van der Waals surface area contributed by atoms with Crippen molar-refractivity contribution in [3.63, 3.8) is 0 Å². The molecule has 28 heavy (non-hydrogen) atoms. The molecule has 0 heterocycles. The summed E-state index contributed by atoms with van der Waals surface area (Å²) in [6.07, 6.45) is -5.04. The number of primary amides is 1. The van der Waals surface area contributed by atoms with Gasteiger partial charge in [-0.25, -0.2) is 0 Å². The van der Waals surface area contributed by atoms with Crippen molar-refractivity contribution in [3.05, 3.63) is 65.2 Å². The standard InChI is InChI=1S/C19H18F3N3O3/c1-11(26)24-15-9-5-3-7-13(15)18(28)25-16(17(23)27)10-12-6-2-4-8-14(12)19(20,21)22/h2-9,16H,10H2,1H3,(H2,23,27)(H,24,26)(H,25,28)/t16-/m1/s1. The van der Waals surface area contributed by atoms with E-state index in [0.717, 1.165) is 6.07 Å². The first-order valence-corrected chi connectivity index (χ1v) is 8.21. The molecule has 0 aliphatic rings. The van der Waals surface area contributed by atoms with Gasteiger partial charge in [0.15, 0.2) is 0 Å². The average molecular weight is 393 g/mol. The van der Waals surface area contributed by atoms with Crippen molar-refractivity contribution in [2.45, 2.75) is 25.6 Å². The van der Waals surface area contributed by atoms with Gasteiger partial charge in [0, 0.05) is 13.3 Å². The van der Waals surface area contributed by atoms with Crippen LogP contribution in [0.1, 0.15) is 28.4 Å². The SMILES string of the molecule is CC(=O)Nc1ccccc1C(=O)N[C@H](Cc1ccccc1C(F)(F)F)C(N)=O. The number of alkyl halides is 3. The zero-order chi connectivity index (χ0) is 20.9. The minimum atomic E-state index is -4.61. The summed E-state index contributed by atoms with van der Waals surface area (Å²) < 4.78 is 39.5. The molecule has 0 saturated carbocycles. The summed E-state index contributed by atoms with van der Waals surface area (Å²) in [6.45, 7) is 1.26. The van der Waals surface area contributed by atoms with Gasteiger partial charge in [0.25, 0.3) is 5.91 Å². The van der Waals surface area contributed by atoms with E-state index in [4.69, 9.17) is 5.73 Å². The molecule has 0 fully saturated rings. The Bertz CT molecular complexity index is 897. The number of hydrogen-bond acceptors (Lipinski definition) is 3. The number of nitrogens with one attached hydrogen (secondary N) is 2. The Morgan fingerprint density at radius 1 is 1.04 bits per heavy atom. The van der Waals surface area contributed by atoms with E-state index in [2.05, 4.69) is 10.6 Å². The van der Waals surface area contributed by atoms with E-state index in [1.54, 1.807) is 12.1 Å². The van der Waals surface area contributed by atoms with E-state index >= 15 is 0 Å². The molecule has 1 atom stereocenters. The van der Waals surface area contributed by atoms with E-state index in [1.807, 2.05) is 0 Å². The number of benzene rings is 2. The first-order valence-electron chi connectivity index (χ1n) is 8.21. The Balaban J connectivity index is 2.27. The van der Waals surface area contributed by atoms with Gasteiger partial charge in [0.05, 0.1) is 16.8 Å². The maximum absolute atomic E-state index is 13.2. The summed E-state index contributed by atoms with van der Waals surface area (Å²) in [4.78, 5) is 35.6. The highest BCUT2D eigenvalue weighted by molar-refractivity contribution is 6.04. The minimum Gasteiger partial charge on any atom is -0.368 e. The van der Waals surface area contributed by atoms with E-state index in [9.17, 15) is 27.6 Å². The van der Waals surface area contributed by atoms with Gasteiger partial charge in [-0.3, -0.25) is 14.4 Å². The molecule has 6 nitrogen and oxygen atoms in total. The molecule has 0 aromatic heterocycles. The van der Waals surface area contributed by atoms with Crippen LogP contribution in [0.5, 0.6) is 0 Å². The quantitative estimate of drug-likeness (QED) is 0.703. The highest BCUT2D eigenvalue weighted by Crippen LogP contribution is 2.32. The summed E-state index contributed by atoms with van der Waals surface area (Å²) in [6, 6.07) is 9.38.